The second-order valence-electron chi connectivity index (χ2n) is 9.75. The fourth-order valence-electron chi connectivity index (χ4n) is 6.67. The van der Waals surface area contributed by atoms with Crippen LogP contribution in [0, 0.1) is 11.8 Å². The Morgan fingerprint density at radius 3 is 2.61 bits per heavy atom. The second-order valence-corrected chi connectivity index (χ2v) is 11.6. The summed E-state index contributed by atoms with van der Waals surface area (Å²) in [6.45, 7) is 6.44. The van der Waals surface area contributed by atoms with Crippen molar-refractivity contribution in [3.63, 3.8) is 0 Å². The summed E-state index contributed by atoms with van der Waals surface area (Å²) in [7, 11) is 0. The van der Waals surface area contributed by atoms with Gasteiger partial charge in [0.15, 0.2) is 0 Å². The van der Waals surface area contributed by atoms with E-state index < -0.39 is 33.3 Å². The number of aliphatic hydroxyl groups is 1. The van der Waals surface area contributed by atoms with Gasteiger partial charge in [-0.15, -0.1) is 18.3 Å². The van der Waals surface area contributed by atoms with Gasteiger partial charge >= 0.3 is 5.97 Å². The van der Waals surface area contributed by atoms with Gasteiger partial charge in [0.1, 0.15) is 6.04 Å². The molecular formula is C23H34N2O5S. The number of amides is 2. The monoisotopic (exact) mass is 450 g/mol. The lowest BCUT2D eigenvalue weighted by atomic mass is 9.66. The highest BCUT2D eigenvalue weighted by Crippen LogP contribution is 2.71. The van der Waals surface area contributed by atoms with E-state index in [9.17, 15) is 24.6 Å². The molecule has 5 atom stereocenters. The molecule has 3 heterocycles. The Kier molecular flexibility index (Phi) is 6.16. The fraction of sp³-hybridized carbons (Fsp3) is 0.783. The summed E-state index contributed by atoms with van der Waals surface area (Å²) in [6, 6.07) is -0.534. The van der Waals surface area contributed by atoms with E-state index in [1.54, 1.807) is 22.7 Å². The Labute approximate surface area is 188 Å². The number of nitrogens with zero attached hydrogens (tertiary/aromatic N) is 2. The maximum atomic E-state index is 14.1. The van der Waals surface area contributed by atoms with Crippen molar-refractivity contribution < 1.29 is 24.6 Å². The molecule has 0 aromatic rings. The molecular weight excluding hydrogens is 416 g/mol. The summed E-state index contributed by atoms with van der Waals surface area (Å²) in [5.74, 6) is -2.70. The van der Waals surface area contributed by atoms with E-state index in [-0.39, 0.29) is 31.0 Å². The van der Waals surface area contributed by atoms with Gasteiger partial charge in [0, 0.05) is 30.5 Å². The molecule has 1 saturated carbocycles. The summed E-state index contributed by atoms with van der Waals surface area (Å²) < 4.78 is -1.22. The molecule has 3 aliphatic heterocycles. The van der Waals surface area contributed by atoms with Crippen LogP contribution in [0.5, 0.6) is 0 Å². The van der Waals surface area contributed by atoms with Crippen molar-refractivity contribution in [1.82, 2.24) is 9.80 Å². The standard InChI is InChI=1S/C23H34N2O5S/c1-3-12-24(15-8-5-4-6-9-15)20(28)18-23-11-10-22(2,31-23)17(21(29)30)16(23)19(27)25(18)13-7-14-26/h3,15-18,26H,1,4-14H2,2H3,(H,29,30)/t16-,17-,18?,22+,23?/m0/s1. The minimum Gasteiger partial charge on any atom is -0.481 e. The molecule has 0 radical (unpaired) electrons. The number of carbonyl (C=O) groups excluding carboxylic acids is 2. The first-order valence-corrected chi connectivity index (χ1v) is 12.4. The number of aliphatic hydroxyl groups excluding tert-OH is 1. The highest BCUT2D eigenvalue weighted by Gasteiger charge is 2.77. The van der Waals surface area contributed by atoms with Gasteiger partial charge in [-0.05, 0) is 39.0 Å². The molecule has 7 nitrogen and oxygen atoms in total. The molecule has 1 spiro atoms. The molecule has 8 heteroatoms. The molecule has 172 valence electrons. The Morgan fingerprint density at radius 1 is 1.29 bits per heavy atom. The number of rotatable bonds is 8. The molecule has 1 aliphatic carbocycles. The van der Waals surface area contributed by atoms with E-state index >= 15 is 0 Å². The van der Waals surface area contributed by atoms with E-state index in [4.69, 9.17) is 0 Å². The lowest BCUT2D eigenvalue weighted by molar-refractivity contribution is -0.150. The van der Waals surface area contributed by atoms with Gasteiger partial charge in [0.05, 0.1) is 16.6 Å². The number of carboxylic acids is 1. The number of carboxylic acid groups (broad SMARTS) is 1. The van der Waals surface area contributed by atoms with E-state index in [1.165, 1.54) is 6.42 Å². The average molecular weight is 451 g/mol. The number of likely N-dealkylation sites (tertiary alicyclic amines) is 1. The van der Waals surface area contributed by atoms with Gasteiger partial charge < -0.3 is 20.0 Å². The third-order valence-corrected chi connectivity index (χ3v) is 9.94. The topological polar surface area (TPSA) is 98.2 Å². The first-order chi connectivity index (χ1) is 14.8. The normalized spacial score (nSPS) is 37.2. The van der Waals surface area contributed by atoms with Gasteiger partial charge in [-0.3, -0.25) is 14.4 Å². The van der Waals surface area contributed by atoms with Gasteiger partial charge in [0.25, 0.3) is 0 Å². The zero-order valence-corrected chi connectivity index (χ0v) is 19.1. The Balaban J connectivity index is 1.74. The first-order valence-electron chi connectivity index (χ1n) is 11.6. The summed E-state index contributed by atoms with van der Waals surface area (Å²) in [5.41, 5.74) is 0. The van der Waals surface area contributed by atoms with Crippen LogP contribution < -0.4 is 0 Å². The molecule has 3 saturated heterocycles. The van der Waals surface area contributed by atoms with Gasteiger partial charge in [0.2, 0.25) is 11.8 Å². The van der Waals surface area contributed by atoms with Crippen LogP contribution in [-0.2, 0) is 14.4 Å². The number of fused-ring (bicyclic) bond motifs is 1. The van der Waals surface area contributed by atoms with Gasteiger partial charge in [-0.2, -0.15) is 0 Å². The summed E-state index contributed by atoms with van der Waals surface area (Å²) in [4.78, 5) is 43.4. The van der Waals surface area contributed by atoms with E-state index in [1.807, 2.05) is 11.8 Å². The number of carbonyl (C=O) groups is 3. The molecule has 2 unspecified atom stereocenters. The van der Waals surface area contributed by atoms with Gasteiger partial charge in [-0.1, -0.05) is 25.3 Å². The fourth-order valence-corrected chi connectivity index (χ4v) is 9.01. The zero-order chi connectivity index (χ0) is 22.4. The van der Waals surface area contributed by atoms with Crippen LogP contribution in [-0.4, -0.2) is 79.1 Å². The SMILES string of the molecule is C=CCN(C(=O)C1N(CCCO)C(=O)[C@@H]2[C@@H](C(=O)O)[C@@]3(C)CCC12S3)C1CCCCC1. The molecule has 4 fully saturated rings. The maximum Gasteiger partial charge on any atom is 0.308 e. The summed E-state index contributed by atoms with van der Waals surface area (Å²) >= 11 is 1.57. The van der Waals surface area contributed by atoms with Crippen LogP contribution in [0.2, 0.25) is 0 Å². The minimum atomic E-state index is -0.944. The third-order valence-electron chi connectivity index (χ3n) is 7.96. The smallest absolute Gasteiger partial charge is 0.308 e. The highest BCUT2D eigenvalue weighted by atomic mass is 32.2. The molecule has 4 aliphatic rings. The van der Waals surface area contributed by atoms with Gasteiger partial charge in [-0.25, -0.2) is 0 Å². The largest absolute Gasteiger partial charge is 0.481 e. The van der Waals surface area contributed by atoms with Crippen LogP contribution >= 0.6 is 11.8 Å². The van der Waals surface area contributed by atoms with Crippen molar-refractivity contribution in [3.05, 3.63) is 12.7 Å². The number of hydrogen-bond acceptors (Lipinski definition) is 5. The second kappa shape index (κ2) is 8.43. The Morgan fingerprint density at radius 2 is 2.00 bits per heavy atom. The highest BCUT2D eigenvalue weighted by molar-refractivity contribution is 8.02. The molecule has 31 heavy (non-hydrogen) atoms. The van der Waals surface area contributed by atoms with Crippen LogP contribution in [0.15, 0.2) is 12.7 Å². The lowest BCUT2D eigenvalue weighted by Gasteiger charge is -2.41. The molecule has 4 rings (SSSR count). The van der Waals surface area contributed by atoms with E-state index in [0.29, 0.717) is 25.8 Å². The summed E-state index contributed by atoms with van der Waals surface area (Å²) in [5, 5.41) is 19.4. The van der Waals surface area contributed by atoms with Crippen molar-refractivity contribution in [2.45, 2.75) is 79.9 Å². The third kappa shape index (κ3) is 3.41. The van der Waals surface area contributed by atoms with Crippen LogP contribution in [0.3, 0.4) is 0 Å². The lowest BCUT2D eigenvalue weighted by Crippen LogP contribution is -2.57. The first kappa shape index (κ1) is 22.6. The number of thioether (sulfide) groups is 1. The number of aliphatic carboxylic acids is 1. The molecule has 2 bridgehead atoms. The van der Waals surface area contributed by atoms with E-state index in [0.717, 1.165) is 25.7 Å². The van der Waals surface area contributed by atoms with Crippen molar-refractivity contribution in [1.29, 1.82) is 0 Å². The molecule has 2 amide bonds. The van der Waals surface area contributed by atoms with Crippen LogP contribution in [0.1, 0.15) is 58.3 Å². The maximum absolute atomic E-state index is 14.1. The van der Waals surface area contributed by atoms with Crippen LogP contribution in [0.4, 0.5) is 0 Å². The predicted octanol–water partition coefficient (Wildman–Crippen LogP) is 2.28. The minimum absolute atomic E-state index is 0.0663. The van der Waals surface area contributed by atoms with Crippen molar-refractivity contribution in [3.8, 4) is 0 Å². The Hall–Kier alpha value is -1.54. The molecule has 2 N–H and O–H groups in total. The van der Waals surface area contributed by atoms with Crippen molar-refractivity contribution in [2.75, 3.05) is 19.7 Å². The molecule has 0 aromatic carbocycles. The summed E-state index contributed by atoms with van der Waals surface area (Å²) in [6.07, 6.45) is 8.76. The zero-order valence-electron chi connectivity index (χ0n) is 18.3. The Bertz CT molecular complexity index is 769. The molecule has 0 aromatic heterocycles. The van der Waals surface area contributed by atoms with Crippen molar-refractivity contribution in [2.24, 2.45) is 11.8 Å². The van der Waals surface area contributed by atoms with E-state index in [2.05, 4.69) is 6.58 Å². The predicted molar refractivity (Wildman–Crippen MR) is 119 cm³/mol. The quantitative estimate of drug-likeness (QED) is 0.551. The van der Waals surface area contributed by atoms with Crippen LogP contribution in [0.25, 0.3) is 0 Å². The number of hydrogen-bond donors (Lipinski definition) is 2. The van der Waals surface area contributed by atoms with Crippen molar-refractivity contribution >= 4 is 29.5 Å². The average Bonchev–Trinajstić information content (AvgIpc) is 3.31.